The molecule has 2 rings (SSSR count). The van der Waals surface area contributed by atoms with E-state index in [-0.39, 0.29) is 11.7 Å². The zero-order chi connectivity index (χ0) is 14.0. The van der Waals surface area contributed by atoms with Crippen LogP contribution >= 0.6 is 0 Å². The summed E-state index contributed by atoms with van der Waals surface area (Å²) < 4.78 is 14.0. The van der Waals surface area contributed by atoms with Crippen molar-refractivity contribution in [3.63, 3.8) is 0 Å². The molecule has 5 heteroatoms. The normalized spacial score (nSPS) is 19.8. The highest BCUT2D eigenvalue weighted by Crippen LogP contribution is 2.30. The monoisotopic (exact) mass is 265 g/mol. The van der Waals surface area contributed by atoms with Gasteiger partial charge in [0, 0.05) is 24.2 Å². The molecular weight excluding hydrogens is 245 g/mol. The third kappa shape index (κ3) is 3.23. The average molecular weight is 265 g/mol. The molecule has 4 nitrogen and oxygen atoms in total. The molecule has 1 fully saturated rings. The van der Waals surface area contributed by atoms with Crippen molar-refractivity contribution in [2.75, 3.05) is 13.1 Å². The summed E-state index contributed by atoms with van der Waals surface area (Å²) >= 11 is 0. The first kappa shape index (κ1) is 13.8. The Morgan fingerprint density at radius 1 is 1.53 bits per heavy atom. The van der Waals surface area contributed by atoms with E-state index in [0.717, 1.165) is 19.5 Å². The molecule has 0 radical (unpaired) electrons. The highest BCUT2D eigenvalue weighted by Gasteiger charge is 2.29. The second-order valence-corrected chi connectivity index (χ2v) is 5.92. The molecule has 1 saturated heterocycles. The molecule has 0 atom stereocenters. The summed E-state index contributed by atoms with van der Waals surface area (Å²) in [5.41, 5.74) is 6.78. The van der Waals surface area contributed by atoms with Crippen LogP contribution < -0.4 is 5.73 Å². The first-order chi connectivity index (χ1) is 8.91. The van der Waals surface area contributed by atoms with Gasteiger partial charge in [-0.25, -0.2) is 4.39 Å². The van der Waals surface area contributed by atoms with Crippen LogP contribution in [0.25, 0.3) is 0 Å². The minimum absolute atomic E-state index is 0.0762. The molecule has 19 heavy (non-hydrogen) atoms. The van der Waals surface area contributed by atoms with E-state index >= 15 is 0 Å². The van der Waals surface area contributed by atoms with Gasteiger partial charge in [0.25, 0.3) is 0 Å². The number of likely N-dealkylation sites (tertiary alicyclic amines) is 1. The van der Waals surface area contributed by atoms with Crippen molar-refractivity contribution in [1.29, 1.82) is 0 Å². The fourth-order valence-electron chi connectivity index (χ4n) is 2.49. The van der Waals surface area contributed by atoms with E-state index < -0.39 is 0 Å². The Balaban J connectivity index is 2.10. The number of rotatable bonds is 3. The van der Waals surface area contributed by atoms with E-state index in [2.05, 4.69) is 23.9 Å². The zero-order valence-electron chi connectivity index (χ0n) is 11.4. The van der Waals surface area contributed by atoms with Gasteiger partial charge in [0.1, 0.15) is 5.82 Å². The van der Waals surface area contributed by atoms with Gasteiger partial charge >= 0.3 is 0 Å². The predicted molar refractivity (Wildman–Crippen MR) is 72.6 cm³/mol. The molecule has 1 aromatic carbocycles. The molecule has 0 spiro atoms. The SMILES string of the molecule is CC1(C)CCN(Cc2ccc(C(N)=NO)cc2F)C1. The lowest BCUT2D eigenvalue weighted by atomic mass is 9.93. The number of amidine groups is 1. The van der Waals surface area contributed by atoms with Gasteiger partial charge in [-0.05, 0) is 24.4 Å². The maximum atomic E-state index is 14.0. The smallest absolute Gasteiger partial charge is 0.170 e. The van der Waals surface area contributed by atoms with Gasteiger partial charge in [-0.3, -0.25) is 4.90 Å². The molecule has 0 aromatic heterocycles. The van der Waals surface area contributed by atoms with Crippen molar-refractivity contribution in [1.82, 2.24) is 4.90 Å². The fraction of sp³-hybridized carbons (Fsp3) is 0.500. The van der Waals surface area contributed by atoms with Crippen molar-refractivity contribution < 1.29 is 9.60 Å². The summed E-state index contributed by atoms with van der Waals surface area (Å²) in [6.45, 7) is 7.03. The Hall–Kier alpha value is -1.62. The number of nitrogens with two attached hydrogens (primary N) is 1. The van der Waals surface area contributed by atoms with Crippen LogP contribution in [0.15, 0.2) is 23.4 Å². The number of hydrogen-bond acceptors (Lipinski definition) is 3. The molecule has 3 N–H and O–H groups in total. The highest BCUT2D eigenvalue weighted by molar-refractivity contribution is 5.97. The molecule has 0 unspecified atom stereocenters. The molecule has 0 saturated carbocycles. The topological polar surface area (TPSA) is 61.8 Å². The molecule has 0 aliphatic carbocycles. The maximum absolute atomic E-state index is 14.0. The van der Waals surface area contributed by atoms with Gasteiger partial charge in [-0.2, -0.15) is 0 Å². The van der Waals surface area contributed by atoms with Gasteiger partial charge < -0.3 is 10.9 Å². The molecule has 1 aliphatic heterocycles. The van der Waals surface area contributed by atoms with E-state index in [1.54, 1.807) is 12.1 Å². The van der Waals surface area contributed by atoms with Crippen LogP contribution in [-0.4, -0.2) is 29.0 Å². The second kappa shape index (κ2) is 5.17. The summed E-state index contributed by atoms with van der Waals surface area (Å²) in [4.78, 5) is 2.25. The van der Waals surface area contributed by atoms with Crippen molar-refractivity contribution in [2.24, 2.45) is 16.3 Å². The number of oxime groups is 1. The first-order valence-electron chi connectivity index (χ1n) is 6.40. The lowest BCUT2D eigenvalue weighted by Gasteiger charge is -2.20. The van der Waals surface area contributed by atoms with E-state index in [0.29, 0.717) is 23.1 Å². The maximum Gasteiger partial charge on any atom is 0.170 e. The molecular formula is C14H20FN3O. The van der Waals surface area contributed by atoms with Gasteiger partial charge in [-0.1, -0.05) is 31.1 Å². The first-order valence-corrected chi connectivity index (χ1v) is 6.40. The van der Waals surface area contributed by atoms with E-state index in [9.17, 15) is 4.39 Å². The third-order valence-corrected chi connectivity index (χ3v) is 3.61. The summed E-state index contributed by atoms with van der Waals surface area (Å²) in [5, 5.41) is 11.4. The van der Waals surface area contributed by atoms with Gasteiger partial charge in [-0.15, -0.1) is 0 Å². The Morgan fingerprint density at radius 3 is 2.79 bits per heavy atom. The van der Waals surface area contributed by atoms with Crippen molar-refractivity contribution in [3.05, 3.63) is 35.1 Å². The second-order valence-electron chi connectivity index (χ2n) is 5.92. The van der Waals surface area contributed by atoms with Gasteiger partial charge in [0.2, 0.25) is 0 Å². The van der Waals surface area contributed by atoms with Crippen LogP contribution in [0.2, 0.25) is 0 Å². The number of halogens is 1. The third-order valence-electron chi connectivity index (χ3n) is 3.61. The van der Waals surface area contributed by atoms with Crippen molar-refractivity contribution >= 4 is 5.84 Å². The highest BCUT2D eigenvalue weighted by atomic mass is 19.1. The lowest BCUT2D eigenvalue weighted by Crippen LogP contribution is -2.23. The number of nitrogens with zero attached hydrogens (tertiary/aromatic N) is 2. The predicted octanol–water partition coefficient (Wildman–Crippen LogP) is 2.15. The minimum atomic E-state index is -0.311. The molecule has 1 aromatic rings. The Morgan fingerprint density at radius 2 is 2.26 bits per heavy atom. The van der Waals surface area contributed by atoms with Crippen LogP contribution in [0.1, 0.15) is 31.4 Å². The van der Waals surface area contributed by atoms with E-state index in [4.69, 9.17) is 10.9 Å². The van der Waals surface area contributed by atoms with Crippen molar-refractivity contribution in [3.8, 4) is 0 Å². The number of hydrogen-bond donors (Lipinski definition) is 2. The minimum Gasteiger partial charge on any atom is -0.409 e. The van der Waals surface area contributed by atoms with Gasteiger partial charge in [0.15, 0.2) is 5.84 Å². The Bertz CT molecular complexity index is 499. The molecule has 0 bridgehead atoms. The van der Waals surface area contributed by atoms with Gasteiger partial charge in [0.05, 0.1) is 0 Å². The largest absolute Gasteiger partial charge is 0.409 e. The Labute approximate surface area is 112 Å². The molecule has 1 aliphatic rings. The van der Waals surface area contributed by atoms with Crippen LogP contribution in [0.5, 0.6) is 0 Å². The summed E-state index contributed by atoms with van der Waals surface area (Å²) in [7, 11) is 0. The fourth-order valence-corrected chi connectivity index (χ4v) is 2.49. The van der Waals surface area contributed by atoms with Crippen LogP contribution in [-0.2, 0) is 6.54 Å². The van der Waals surface area contributed by atoms with E-state index in [1.165, 1.54) is 6.07 Å². The molecule has 1 heterocycles. The zero-order valence-corrected chi connectivity index (χ0v) is 11.4. The quantitative estimate of drug-likeness (QED) is 0.381. The summed E-state index contributed by atoms with van der Waals surface area (Å²) in [5.74, 6) is -0.387. The Kier molecular flexibility index (Phi) is 3.75. The average Bonchev–Trinajstić information content (AvgIpc) is 2.70. The van der Waals surface area contributed by atoms with E-state index in [1.807, 2.05) is 0 Å². The standard InChI is InChI=1S/C14H20FN3O/c1-14(2)5-6-18(9-14)8-11-4-3-10(7-12(11)15)13(16)17-19/h3-4,7,19H,5-6,8-9H2,1-2H3,(H2,16,17). The summed E-state index contributed by atoms with van der Waals surface area (Å²) in [6.07, 6.45) is 1.14. The molecule has 0 amide bonds. The van der Waals surface area contributed by atoms with Crippen LogP contribution in [0, 0.1) is 11.2 Å². The molecule has 104 valence electrons. The lowest BCUT2D eigenvalue weighted by molar-refractivity contribution is 0.281. The summed E-state index contributed by atoms with van der Waals surface area (Å²) in [6, 6.07) is 4.69. The van der Waals surface area contributed by atoms with Crippen LogP contribution in [0.3, 0.4) is 0 Å². The van der Waals surface area contributed by atoms with Crippen LogP contribution in [0.4, 0.5) is 4.39 Å². The number of benzene rings is 1. The van der Waals surface area contributed by atoms with Crippen molar-refractivity contribution in [2.45, 2.75) is 26.8 Å².